The molecule has 3 rings (SSSR count). The molecule has 0 aliphatic heterocycles. The first-order valence-electron chi connectivity index (χ1n) is 7.27. The SMILES string of the molecule is COC(=O)/C=C/COc1c(-c2cccs2)oc2ccc(Cl)cc2c1=O. The van der Waals surface area contributed by atoms with Crippen LogP contribution < -0.4 is 10.2 Å². The molecule has 3 aromatic rings. The minimum absolute atomic E-state index is 0.0182. The molecule has 7 heteroatoms. The maximum atomic E-state index is 12.8. The molecule has 0 saturated carbocycles. The zero-order valence-corrected chi connectivity index (χ0v) is 14.7. The number of methoxy groups -OCH3 is 1. The molecule has 0 aliphatic carbocycles. The lowest BCUT2D eigenvalue weighted by molar-refractivity contribution is -0.134. The summed E-state index contributed by atoms with van der Waals surface area (Å²) < 4.78 is 16.0. The average molecular weight is 377 g/mol. The Morgan fingerprint density at radius 1 is 1.36 bits per heavy atom. The summed E-state index contributed by atoms with van der Waals surface area (Å²) in [5.41, 5.74) is 0.105. The van der Waals surface area contributed by atoms with Crippen molar-refractivity contribution >= 4 is 39.9 Å². The van der Waals surface area contributed by atoms with Gasteiger partial charge in [0.25, 0.3) is 0 Å². The summed E-state index contributed by atoms with van der Waals surface area (Å²) in [6.45, 7) is 0.0182. The van der Waals surface area contributed by atoms with Gasteiger partial charge in [-0.1, -0.05) is 17.7 Å². The molecule has 0 saturated heterocycles. The van der Waals surface area contributed by atoms with E-state index >= 15 is 0 Å². The number of carbonyl (C=O) groups is 1. The molecule has 0 bridgehead atoms. The predicted octanol–water partition coefficient (Wildman–Crippen LogP) is 4.28. The maximum absolute atomic E-state index is 12.8. The maximum Gasteiger partial charge on any atom is 0.330 e. The van der Waals surface area contributed by atoms with E-state index in [1.54, 1.807) is 12.1 Å². The second-order valence-corrected chi connectivity index (χ2v) is 6.33. The molecule has 25 heavy (non-hydrogen) atoms. The van der Waals surface area contributed by atoms with E-state index in [0.717, 1.165) is 4.88 Å². The third-order valence-electron chi connectivity index (χ3n) is 3.33. The highest BCUT2D eigenvalue weighted by atomic mass is 35.5. The molecule has 0 spiro atoms. The minimum Gasteiger partial charge on any atom is -0.482 e. The molecule has 128 valence electrons. The summed E-state index contributed by atoms with van der Waals surface area (Å²) in [4.78, 5) is 24.7. The number of carbonyl (C=O) groups excluding carboxylic acids is 1. The van der Waals surface area contributed by atoms with Crippen LogP contribution in [0.15, 0.2) is 57.1 Å². The molecule has 1 aromatic carbocycles. The van der Waals surface area contributed by atoms with Gasteiger partial charge in [-0.2, -0.15) is 0 Å². The van der Waals surface area contributed by atoms with Crippen LogP contribution in [0.25, 0.3) is 21.6 Å². The Labute approximate surface area is 152 Å². The van der Waals surface area contributed by atoms with Gasteiger partial charge in [0, 0.05) is 11.1 Å². The van der Waals surface area contributed by atoms with Crippen LogP contribution in [-0.4, -0.2) is 19.7 Å². The third-order valence-corrected chi connectivity index (χ3v) is 4.44. The zero-order valence-electron chi connectivity index (χ0n) is 13.2. The van der Waals surface area contributed by atoms with Crippen molar-refractivity contribution in [3.63, 3.8) is 0 Å². The van der Waals surface area contributed by atoms with Crippen molar-refractivity contribution in [3.8, 4) is 16.4 Å². The lowest BCUT2D eigenvalue weighted by atomic mass is 10.2. The smallest absolute Gasteiger partial charge is 0.330 e. The van der Waals surface area contributed by atoms with Crippen LogP contribution >= 0.6 is 22.9 Å². The summed E-state index contributed by atoms with van der Waals surface area (Å²) in [7, 11) is 1.28. The van der Waals surface area contributed by atoms with Gasteiger partial charge in [-0.05, 0) is 35.7 Å². The highest BCUT2D eigenvalue weighted by Gasteiger charge is 2.18. The minimum atomic E-state index is -0.501. The first-order valence-corrected chi connectivity index (χ1v) is 8.53. The van der Waals surface area contributed by atoms with Crippen LogP contribution in [0.1, 0.15) is 0 Å². The van der Waals surface area contributed by atoms with E-state index in [-0.39, 0.29) is 17.8 Å². The van der Waals surface area contributed by atoms with Crippen LogP contribution in [0, 0.1) is 0 Å². The second kappa shape index (κ2) is 7.55. The number of ether oxygens (including phenoxy) is 2. The van der Waals surface area contributed by atoms with Gasteiger partial charge in [0.2, 0.25) is 11.2 Å². The average Bonchev–Trinajstić information content (AvgIpc) is 3.14. The highest BCUT2D eigenvalue weighted by Crippen LogP contribution is 2.34. The number of rotatable bonds is 5. The van der Waals surface area contributed by atoms with E-state index in [4.69, 9.17) is 20.8 Å². The van der Waals surface area contributed by atoms with Crippen molar-refractivity contribution in [2.24, 2.45) is 0 Å². The predicted molar refractivity (Wildman–Crippen MR) is 97.5 cm³/mol. The quantitative estimate of drug-likeness (QED) is 0.491. The van der Waals surface area contributed by atoms with Crippen LogP contribution in [0.5, 0.6) is 5.75 Å². The molecule has 5 nitrogen and oxygen atoms in total. The number of esters is 1. The van der Waals surface area contributed by atoms with Crippen molar-refractivity contribution in [1.29, 1.82) is 0 Å². The van der Waals surface area contributed by atoms with Crippen molar-refractivity contribution in [2.45, 2.75) is 0 Å². The van der Waals surface area contributed by atoms with E-state index < -0.39 is 5.97 Å². The molecule has 2 aromatic heterocycles. The third kappa shape index (κ3) is 3.75. The Bertz CT molecular complexity index is 989. The van der Waals surface area contributed by atoms with Gasteiger partial charge in [0.05, 0.1) is 17.4 Å². The van der Waals surface area contributed by atoms with Crippen LogP contribution in [-0.2, 0) is 9.53 Å². The molecular weight excluding hydrogens is 364 g/mol. The fourth-order valence-corrected chi connectivity index (χ4v) is 3.07. The molecule has 0 atom stereocenters. The van der Waals surface area contributed by atoms with Crippen molar-refractivity contribution < 1.29 is 18.7 Å². The normalized spacial score (nSPS) is 11.1. The summed E-state index contributed by atoms with van der Waals surface area (Å²) in [6.07, 6.45) is 2.69. The van der Waals surface area contributed by atoms with Crippen LogP contribution in [0.3, 0.4) is 0 Å². The Balaban J connectivity index is 2.06. The highest BCUT2D eigenvalue weighted by molar-refractivity contribution is 7.13. The second-order valence-electron chi connectivity index (χ2n) is 4.94. The molecular formula is C18H13ClO5S. The molecule has 0 radical (unpaired) electrons. The number of fused-ring (bicyclic) bond motifs is 1. The van der Waals surface area contributed by atoms with Gasteiger partial charge in [0.15, 0.2) is 5.76 Å². The molecule has 2 heterocycles. The number of thiophene rings is 1. The fraction of sp³-hybridized carbons (Fsp3) is 0.111. The van der Waals surface area contributed by atoms with Gasteiger partial charge in [0.1, 0.15) is 12.2 Å². The molecule has 0 amide bonds. The summed E-state index contributed by atoms with van der Waals surface area (Å²) >= 11 is 7.41. The zero-order chi connectivity index (χ0) is 17.8. The fourth-order valence-electron chi connectivity index (χ4n) is 2.20. The van der Waals surface area contributed by atoms with E-state index in [0.29, 0.717) is 21.8 Å². The summed E-state index contributed by atoms with van der Waals surface area (Å²) in [5, 5.41) is 2.64. The Morgan fingerprint density at radius 3 is 2.92 bits per heavy atom. The van der Waals surface area contributed by atoms with E-state index in [1.165, 1.54) is 36.7 Å². The van der Waals surface area contributed by atoms with Gasteiger partial charge >= 0.3 is 5.97 Å². The van der Waals surface area contributed by atoms with Crippen molar-refractivity contribution in [1.82, 2.24) is 0 Å². The van der Waals surface area contributed by atoms with Crippen LogP contribution in [0.2, 0.25) is 5.02 Å². The van der Waals surface area contributed by atoms with E-state index in [9.17, 15) is 9.59 Å². The van der Waals surface area contributed by atoms with E-state index in [2.05, 4.69) is 4.74 Å². The van der Waals surface area contributed by atoms with Gasteiger partial charge in [-0.15, -0.1) is 11.3 Å². The van der Waals surface area contributed by atoms with Crippen molar-refractivity contribution in [2.75, 3.05) is 13.7 Å². The topological polar surface area (TPSA) is 65.7 Å². The Morgan fingerprint density at radius 2 is 2.20 bits per heavy atom. The first kappa shape index (κ1) is 17.3. The van der Waals surface area contributed by atoms with Crippen molar-refractivity contribution in [3.05, 3.63) is 63.1 Å². The number of benzene rings is 1. The first-order chi connectivity index (χ1) is 12.1. The van der Waals surface area contributed by atoms with E-state index in [1.807, 2.05) is 17.5 Å². The van der Waals surface area contributed by atoms with Crippen LogP contribution in [0.4, 0.5) is 0 Å². The largest absolute Gasteiger partial charge is 0.482 e. The van der Waals surface area contributed by atoms with Gasteiger partial charge in [-0.25, -0.2) is 4.79 Å². The number of hydrogen-bond donors (Lipinski definition) is 0. The molecule has 0 N–H and O–H groups in total. The summed E-state index contributed by atoms with van der Waals surface area (Å²) in [5.74, 6) is -0.0765. The van der Waals surface area contributed by atoms with Gasteiger partial charge < -0.3 is 13.9 Å². The lowest BCUT2D eigenvalue weighted by Crippen LogP contribution is -2.10. The molecule has 0 aliphatic rings. The lowest BCUT2D eigenvalue weighted by Gasteiger charge is -2.09. The molecule has 0 fully saturated rings. The number of hydrogen-bond acceptors (Lipinski definition) is 6. The monoisotopic (exact) mass is 376 g/mol. The Hall–Kier alpha value is -2.57. The van der Waals surface area contributed by atoms with Gasteiger partial charge in [-0.3, -0.25) is 4.79 Å². The number of halogens is 1. The standard InChI is InChI=1S/C18H13ClO5S/c1-22-15(20)5-2-8-23-18-16(21)12-10-11(19)6-7-13(12)24-17(18)14-4-3-9-25-14/h2-7,9-10H,8H2,1H3/b5-2+. The summed E-state index contributed by atoms with van der Waals surface area (Å²) in [6, 6.07) is 8.54. The molecule has 0 unspecified atom stereocenters. The Kier molecular flexibility index (Phi) is 5.21.